The number of hydrogen-bond donors (Lipinski definition) is 0. The Labute approximate surface area is 225 Å². The molecule has 1 atom stereocenters. The molecule has 0 saturated carbocycles. The van der Waals surface area contributed by atoms with Crippen LogP contribution in [0.2, 0.25) is 0 Å². The van der Waals surface area contributed by atoms with Crippen LogP contribution in [0.25, 0.3) is 10.9 Å². The Kier molecular flexibility index (Phi) is 6.14. The Hall–Kier alpha value is -3.45. The van der Waals surface area contributed by atoms with Crippen LogP contribution in [0.4, 0.5) is 4.79 Å². The molecular weight excluding hydrogens is 476 g/mol. The standard InChI is InChI=1S/C31H38N4O3/c1-6-35-30(36)34-20-23-17-24(37-4)18-27(38-5)29(23)21(2)16-28(34)31(35)11-14-33(15-12-31)19-22-8-7-9-26-25(22)10-13-32(26)3/h7-10,13,16-18,21H,6,11-12,14-15,19-20H2,1-5H3/t21-/m0/s1. The van der Waals surface area contributed by atoms with Gasteiger partial charge in [0.2, 0.25) is 0 Å². The predicted molar refractivity (Wildman–Crippen MR) is 150 cm³/mol. The first-order valence-electron chi connectivity index (χ1n) is 13.7. The summed E-state index contributed by atoms with van der Waals surface area (Å²) in [5.41, 5.74) is 5.78. The molecule has 2 saturated heterocycles. The lowest BCUT2D eigenvalue weighted by Gasteiger charge is -2.44. The smallest absolute Gasteiger partial charge is 0.325 e. The quantitative estimate of drug-likeness (QED) is 0.452. The topological polar surface area (TPSA) is 50.2 Å². The second-order valence-electron chi connectivity index (χ2n) is 10.9. The van der Waals surface area contributed by atoms with Crippen molar-refractivity contribution in [3.05, 3.63) is 71.1 Å². The molecule has 200 valence electrons. The third kappa shape index (κ3) is 3.70. The third-order valence-electron chi connectivity index (χ3n) is 9.01. The van der Waals surface area contributed by atoms with E-state index < -0.39 is 0 Å². The maximum Gasteiger partial charge on any atom is 0.325 e. The predicted octanol–water partition coefficient (Wildman–Crippen LogP) is 5.49. The maximum absolute atomic E-state index is 13.9. The number of nitrogens with zero attached hydrogens (tertiary/aromatic N) is 4. The minimum atomic E-state index is -0.269. The van der Waals surface area contributed by atoms with Crippen molar-refractivity contribution in [2.24, 2.45) is 7.05 Å². The Balaban J connectivity index is 1.31. The third-order valence-corrected chi connectivity index (χ3v) is 9.01. The highest BCUT2D eigenvalue weighted by Crippen LogP contribution is 2.49. The van der Waals surface area contributed by atoms with Gasteiger partial charge in [-0.15, -0.1) is 0 Å². The number of hydrogen-bond acceptors (Lipinski definition) is 4. The number of methoxy groups -OCH3 is 2. The van der Waals surface area contributed by atoms with Crippen LogP contribution >= 0.6 is 0 Å². The van der Waals surface area contributed by atoms with E-state index in [1.54, 1.807) is 14.2 Å². The van der Waals surface area contributed by atoms with Crippen molar-refractivity contribution < 1.29 is 14.3 Å². The van der Waals surface area contributed by atoms with Crippen molar-refractivity contribution in [2.75, 3.05) is 33.9 Å². The number of fused-ring (bicyclic) bond motifs is 4. The number of aryl methyl sites for hydroxylation is 1. The summed E-state index contributed by atoms with van der Waals surface area (Å²) in [4.78, 5) is 20.6. The molecule has 3 aromatic rings. The van der Waals surface area contributed by atoms with Gasteiger partial charge in [0, 0.05) is 73.6 Å². The van der Waals surface area contributed by atoms with Gasteiger partial charge in [-0.05, 0) is 49.1 Å². The Bertz CT molecular complexity index is 1420. The van der Waals surface area contributed by atoms with Crippen molar-refractivity contribution in [3.63, 3.8) is 0 Å². The van der Waals surface area contributed by atoms with E-state index in [1.165, 1.54) is 22.2 Å². The fourth-order valence-corrected chi connectivity index (χ4v) is 7.09. The fraction of sp³-hybridized carbons (Fsp3) is 0.452. The summed E-state index contributed by atoms with van der Waals surface area (Å²) in [6, 6.07) is 12.9. The summed E-state index contributed by atoms with van der Waals surface area (Å²) in [6.07, 6.45) is 6.33. The lowest BCUT2D eigenvalue weighted by Crippen LogP contribution is -2.53. The average molecular weight is 515 g/mol. The van der Waals surface area contributed by atoms with E-state index in [4.69, 9.17) is 9.47 Å². The highest BCUT2D eigenvalue weighted by Gasteiger charge is 2.54. The van der Waals surface area contributed by atoms with Crippen LogP contribution in [-0.4, -0.2) is 64.7 Å². The number of ether oxygens (including phenoxy) is 2. The minimum absolute atomic E-state index is 0.114. The van der Waals surface area contributed by atoms with E-state index in [1.807, 2.05) is 11.0 Å². The number of piperidine rings is 1. The summed E-state index contributed by atoms with van der Waals surface area (Å²) in [7, 11) is 5.48. The van der Waals surface area contributed by atoms with Crippen LogP contribution < -0.4 is 9.47 Å². The second-order valence-corrected chi connectivity index (χ2v) is 10.9. The molecule has 4 heterocycles. The van der Waals surface area contributed by atoms with Crippen LogP contribution in [-0.2, 0) is 20.1 Å². The fourth-order valence-electron chi connectivity index (χ4n) is 7.09. The van der Waals surface area contributed by atoms with Crippen molar-refractivity contribution >= 4 is 16.9 Å². The molecule has 0 radical (unpaired) electrons. The molecule has 6 rings (SSSR count). The first-order valence-corrected chi connectivity index (χ1v) is 13.7. The van der Waals surface area contributed by atoms with Gasteiger partial charge in [0.1, 0.15) is 11.5 Å². The second kappa shape index (κ2) is 9.38. The summed E-state index contributed by atoms with van der Waals surface area (Å²) in [5.74, 6) is 1.70. The molecule has 7 nitrogen and oxygen atoms in total. The van der Waals surface area contributed by atoms with E-state index in [0.717, 1.165) is 55.1 Å². The van der Waals surface area contributed by atoms with E-state index in [9.17, 15) is 4.79 Å². The summed E-state index contributed by atoms with van der Waals surface area (Å²) < 4.78 is 13.5. The Morgan fingerprint density at radius 3 is 2.58 bits per heavy atom. The van der Waals surface area contributed by atoms with Gasteiger partial charge in [0.05, 0.1) is 26.3 Å². The molecule has 7 heteroatoms. The zero-order valence-electron chi connectivity index (χ0n) is 23.2. The first-order chi connectivity index (χ1) is 18.4. The normalized spacial score (nSPS) is 20.9. The molecule has 0 bridgehead atoms. The van der Waals surface area contributed by atoms with E-state index in [-0.39, 0.29) is 17.5 Å². The van der Waals surface area contributed by atoms with E-state index in [2.05, 4.69) is 77.9 Å². The van der Waals surface area contributed by atoms with Gasteiger partial charge < -0.3 is 18.9 Å². The number of rotatable bonds is 5. The first kappa shape index (κ1) is 24.9. The zero-order chi connectivity index (χ0) is 26.6. The van der Waals surface area contributed by atoms with Crippen LogP contribution in [0, 0.1) is 0 Å². The van der Waals surface area contributed by atoms with Gasteiger partial charge in [-0.25, -0.2) is 4.79 Å². The highest BCUT2D eigenvalue weighted by molar-refractivity contribution is 5.84. The summed E-state index contributed by atoms with van der Waals surface area (Å²) in [5, 5.41) is 1.33. The molecule has 38 heavy (non-hydrogen) atoms. The number of likely N-dealkylation sites (tertiary alicyclic amines) is 1. The maximum atomic E-state index is 13.9. The number of allylic oxidation sites excluding steroid dienone is 1. The van der Waals surface area contributed by atoms with Gasteiger partial charge in [-0.3, -0.25) is 9.80 Å². The van der Waals surface area contributed by atoms with Crippen molar-refractivity contribution in [3.8, 4) is 11.5 Å². The van der Waals surface area contributed by atoms with E-state index >= 15 is 0 Å². The number of carbonyl (C=O) groups excluding carboxylic acids is 1. The Morgan fingerprint density at radius 2 is 1.87 bits per heavy atom. The average Bonchev–Trinajstić information content (AvgIpc) is 3.34. The SMILES string of the molecule is CCN1C(=O)N2Cc3cc(OC)cc(OC)c3[C@@H](C)C=C2C12CCN(Cc1cccc3c1ccn3C)CC2. The van der Waals surface area contributed by atoms with Crippen molar-refractivity contribution in [1.29, 1.82) is 0 Å². The van der Waals surface area contributed by atoms with Gasteiger partial charge in [-0.1, -0.05) is 25.1 Å². The molecule has 0 N–H and O–H groups in total. The number of likely N-dealkylation sites (N-methyl/N-ethyl adjacent to an activating group) is 1. The molecule has 3 aliphatic rings. The van der Waals surface area contributed by atoms with Gasteiger partial charge in [0.15, 0.2) is 0 Å². The largest absolute Gasteiger partial charge is 0.497 e. The molecule has 2 aromatic carbocycles. The number of amides is 2. The highest BCUT2D eigenvalue weighted by atomic mass is 16.5. The monoisotopic (exact) mass is 514 g/mol. The minimum Gasteiger partial charge on any atom is -0.497 e. The summed E-state index contributed by atoms with van der Waals surface area (Å²) >= 11 is 0. The van der Waals surface area contributed by atoms with Crippen molar-refractivity contribution in [1.82, 2.24) is 19.3 Å². The van der Waals surface area contributed by atoms with Gasteiger partial charge in [0.25, 0.3) is 0 Å². The Morgan fingerprint density at radius 1 is 1.08 bits per heavy atom. The summed E-state index contributed by atoms with van der Waals surface area (Å²) in [6.45, 7) is 8.41. The molecule has 0 aliphatic carbocycles. The van der Waals surface area contributed by atoms with Gasteiger partial charge in [-0.2, -0.15) is 0 Å². The molecular formula is C31H38N4O3. The molecule has 1 spiro atoms. The molecule has 1 aromatic heterocycles. The number of carbonyl (C=O) groups is 1. The number of benzene rings is 2. The molecule has 2 amide bonds. The lowest BCUT2D eigenvalue weighted by molar-refractivity contribution is 0.0890. The zero-order valence-corrected chi connectivity index (χ0v) is 23.2. The number of aromatic nitrogens is 1. The van der Waals surface area contributed by atoms with E-state index in [0.29, 0.717) is 13.1 Å². The van der Waals surface area contributed by atoms with Crippen LogP contribution in [0.3, 0.4) is 0 Å². The van der Waals surface area contributed by atoms with Crippen molar-refractivity contribution in [2.45, 2.75) is 51.2 Å². The van der Waals surface area contributed by atoms with Crippen LogP contribution in [0.15, 0.2) is 54.4 Å². The van der Waals surface area contributed by atoms with Gasteiger partial charge >= 0.3 is 6.03 Å². The molecule has 2 fully saturated rings. The molecule has 0 unspecified atom stereocenters. The molecule has 3 aliphatic heterocycles. The van der Waals surface area contributed by atoms with Crippen LogP contribution in [0.5, 0.6) is 11.5 Å². The van der Waals surface area contributed by atoms with Crippen LogP contribution in [0.1, 0.15) is 49.3 Å². The lowest BCUT2D eigenvalue weighted by atomic mass is 9.82. The number of urea groups is 1.